The van der Waals surface area contributed by atoms with Gasteiger partial charge in [0.2, 0.25) is 5.91 Å². The quantitative estimate of drug-likeness (QED) is 0.727. The van der Waals surface area contributed by atoms with Crippen molar-refractivity contribution in [2.75, 3.05) is 27.2 Å². The van der Waals surface area contributed by atoms with E-state index in [1.807, 2.05) is 27.7 Å². The molecule has 2 atom stereocenters. The molecule has 0 saturated carbocycles. The van der Waals surface area contributed by atoms with Gasteiger partial charge < -0.3 is 9.64 Å². The van der Waals surface area contributed by atoms with Crippen LogP contribution >= 0.6 is 0 Å². The molecule has 0 N–H and O–H groups in total. The molecule has 1 fully saturated rings. The van der Waals surface area contributed by atoms with E-state index < -0.39 is 5.60 Å². The summed E-state index contributed by atoms with van der Waals surface area (Å²) < 4.78 is 5.36. The Labute approximate surface area is 121 Å². The Hall–Kier alpha value is -1.30. The van der Waals surface area contributed by atoms with Crippen molar-refractivity contribution in [3.8, 4) is 0 Å². The Morgan fingerprint density at radius 3 is 2.35 bits per heavy atom. The number of hydrogen-bond donors (Lipinski definition) is 0. The summed E-state index contributed by atoms with van der Waals surface area (Å²) in [5.41, 5.74) is -0.497. The van der Waals surface area contributed by atoms with E-state index in [4.69, 9.17) is 9.57 Å². The minimum Gasteiger partial charge on any atom is -0.444 e. The monoisotopic (exact) mass is 286 g/mol. The van der Waals surface area contributed by atoms with Gasteiger partial charge in [0.15, 0.2) is 0 Å². The lowest BCUT2D eigenvalue weighted by Crippen LogP contribution is -2.48. The van der Waals surface area contributed by atoms with Crippen LogP contribution in [-0.4, -0.2) is 54.8 Å². The lowest BCUT2D eigenvalue weighted by Gasteiger charge is -2.37. The van der Waals surface area contributed by atoms with Gasteiger partial charge in [0, 0.05) is 26.1 Å². The van der Waals surface area contributed by atoms with Crippen LogP contribution < -0.4 is 0 Å². The average molecular weight is 286 g/mol. The zero-order valence-corrected chi connectivity index (χ0v) is 13.3. The van der Waals surface area contributed by atoms with Crippen LogP contribution in [-0.2, 0) is 14.4 Å². The maximum Gasteiger partial charge on any atom is 0.410 e. The summed E-state index contributed by atoms with van der Waals surface area (Å²) in [6, 6.07) is 0. The normalized spacial score (nSPS) is 23.4. The van der Waals surface area contributed by atoms with Gasteiger partial charge in [0.1, 0.15) is 5.60 Å². The molecule has 1 saturated heterocycles. The summed E-state index contributed by atoms with van der Waals surface area (Å²) in [5.74, 6) is -0.0659. The highest BCUT2D eigenvalue weighted by molar-refractivity contribution is 5.78. The lowest BCUT2D eigenvalue weighted by molar-refractivity contribution is -0.176. The van der Waals surface area contributed by atoms with Crippen molar-refractivity contribution >= 4 is 12.0 Å². The van der Waals surface area contributed by atoms with Crippen molar-refractivity contribution in [2.45, 2.75) is 39.7 Å². The van der Waals surface area contributed by atoms with Gasteiger partial charge in [-0.25, -0.2) is 9.86 Å². The Morgan fingerprint density at radius 1 is 1.30 bits per heavy atom. The Balaban J connectivity index is 2.59. The first-order chi connectivity index (χ1) is 9.15. The van der Waals surface area contributed by atoms with E-state index in [1.54, 1.807) is 11.9 Å². The molecule has 6 nitrogen and oxygen atoms in total. The third-order valence-corrected chi connectivity index (χ3v) is 3.46. The highest BCUT2D eigenvalue weighted by atomic mass is 16.7. The van der Waals surface area contributed by atoms with Crippen LogP contribution in [0, 0.1) is 11.8 Å². The van der Waals surface area contributed by atoms with Gasteiger partial charge in [-0.15, -0.1) is 0 Å². The summed E-state index contributed by atoms with van der Waals surface area (Å²) in [5, 5.41) is 1.25. The Morgan fingerprint density at radius 2 is 1.90 bits per heavy atom. The molecule has 0 aromatic rings. The van der Waals surface area contributed by atoms with Gasteiger partial charge in [0.05, 0.1) is 7.11 Å². The van der Waals surface area contributed by atoms with Gasteiger partial charge >= 0.3 is 6.09 Å². The Kier molecular flexibility index (Phi) is 5.39. The molecular weight excluding hydrogens is 260 g/mol. The van der Waals surface area contributed by atoms with Crippen LogP contribution in [0.5, 0.6) is 0 Å². The lowest BCUT2D eigenvalue weighted by atomic mass is 9.86. The number of likely N-dealkylation sites (tertiary alicyclic amines) is 1. The van der Waals surface area contributed by atoms with Crippen LogP contribution in [0.1, 0.15) is 34.1 Å². The maximum atomic E-state index is 12.1. The summed E-state index contributed by atoms with van der Waals surface area (Å²) in [4.78, 5) is 30.7. The largest absolute Gasteiger partial charge is 0.444 e. The van der Waals surface area contributed by atoms with Gasteiger partial charge in [-0.05, 0) is 33.1 Å². The number of carbonyl (C=O) groups is 2. The number of hydrogen-bond acceptors (Lipinski definition) is 4. The number of nitrogens with zero attached hydrogens (tertiary/aromatic N) is 2. The number of piperidine rings is 1. The van der Waals surface area contributed by atoms with Crippen LogP contribution in [0.3, 0.4) is 0 Å². The van der Waals surface area contributed by atoms with Gasteiger partial charge in [-0.2, -0.15) is 0 Å². The fraction of sp³-hybridized carbons (Fsp3) is 0.857. The molecule has 1 heterocycles. The molecule has 0 aliphatic carbocycles. The minimum absolute atomic E-state index is 0.0381. The van der Waals surface area contributed by atoms with E-state index in [2.05, 4.69) is 0 Å². The molecular formula is C14H26N2O4. The second-order valence-corrected chi connectivity index (χ2v) is 6.32. The summed E-state index contributed by atoms with van der Waals surface area (Å²) in [6.07, 6.45) is 0.322. The predicted octanol–water partition coefficient (Wildman–Crippen LogP) is 1.90. The Bertz CT molecular complexity index is 365. The fourth-order valence-corrected chi connectivity index (χ4v) is 2.33. The van der Waals surface area contributed by atoms with Crippen molar-refractivity contribution in [3.63, 3.8) is 0 Å². The molecule has 0 aromatic heterocycles. The standard InChI is InChI=1S/C14H26N2O4/c1-10-9-16(13(18)20-14(2,3)4)8-7-11(10)12(17)15(5)19-6/h10-11H,7-9H2,1-6H3/t10-,11+/m0/s1. The first-order valence-corrected chi connectivity index (χ1v) is 6.95. The van der Waals surface area contributed by atoms with E-state index in [9.17, 15) is 9.59 Å². The van der Waals surface area contributed by atoms with E-state index in [-0.39, 0.29) is 23.8 Å². The molecule has 116 valence electrons. The van der Waals surface area contributed by atoms with Gasteiger partial charge in [0.25, 0.3) is 0 Å². The molecule has 1 rings (SSSR count). The highest BCUT2D eigenvalue weighted by Gasteiger charge is 2.36. The van der Waals surface area contributed by atoms with Crippen LogP contribution in [0.15, 0.2) is 0 Å². The van der Waals surface area contributed by atoms with E-state index in [1.165, 1.54) is 12.2 Å². The second kappa shape index (κ2) is 6.43. The summed E-state index contributed by atoms with van der Waals surface area (Å²) >= 11 is 0. The van der Waals surface area contributed by atoms with Crippen LogP contribution in [0.4, 0.5) is 4.79 Å². The fourth-order valence-electron chi connectivity index (χ4n) is 2.33. The third kappa shape index (κ3) is 4.37. The molecule has 0 unspecified atom stereocenters. The molecule has 0 spiro atoms. The van der Waals surface area contributed by atoms with E-state index >= 15 is 0 Å². The molecule has 2 amide bonds. The van der Waals surface area contributed by atoms with Crippen molar-refractivity contribution in [1.82, 2.24) is 9.96 Å². The minimum atomic E-state index is -0.497. The molecule has 6 heteroatoms. The number of hydroxylamine groups is 2. The first kappa shape index (κ1) is 16.8. The third-order valence-electron chi connectivity index (χ3n) is 3.46. The number of rotatable bonds is 2. The van der Waals surface area contributed by atoms with Crippen molar-refractivity contribution in [2.24, 2.45) is 11.8 Å². The first-order valence-electron chi connectivity index (χ1n) is 6.95. The molecule has 1 aliphatic heterocycles. The maximum absolute atomic E-state index is 12.1. The number of amides is 2. The smallest absolute Gasteiger partial charge is 0.410 e. The SMILES string of the molecule is CON(C)C(=O)[C@@H]1CCN(C(=O)OC(C)(C)C)C[C@@H]1C. The van der Waals surface area contributed by atoms with E-state index in [0.717, 1.165) is 0 Å². The van der Waals surface area contributed by atoms with Crippen LogP contribution in [0.25, 0.3) is 0 Å². The zero-order valence-electron chi connectivity index (χ0n) is 13.3. The predicted molar refractivity (Wildman–Crippen MR) is 74.9 cm³/mol. The van der Waals surface area contributed by atoms with Crippen molar-refractivity contribution < 1.29 is 19.2 Å². The molecule has 1 aliphatic rings. The molecule has 0 aromatic carbocycles. The van der Waals surface area contributed by atoms with E-state index in [0.29, 0.717) is 19.5 Å². The van der Waals surface area contributed by atoms with Crippen molar-refractivity contribution in [3.05, 3.63) is 0 Å². The molecule has 20 heavy (non-hydrogen) atoms. The average Bonchev–Trinajstić information content (AvgIpc) is 2.34. The zero-order chi connectivity index (χ0) is 15.5. The highest BCUT2D eigenvalue weighted by Crippen LogP contribution is 2.26. The second-order valence-electron chi connectivity index (χ2n) is 6.32. The van der Waals surface area contributed by atoms with Crippen molar-refractivity contribution in [1.29, 1.82) is 0 Å². The topological polar surface area (TPSA) is 59.1 Å². The summed E-state index contributed by atoms with van der Waals surface area (Å²) in [7, 11) is 3.08. The number of carbonyl (C=O) groups excluding carboxylic acids is 2. The summed E-state index contributed by atoms with van der Waals surface area (Å²) in [6.45, 7) is 8.58. The molecule has 0 radical (unpaired) electrons. The number of ether oxygens (including phenoxy) is 1. The molecule has 0 bridgehead atoms. The van der Waals surface area contributed by atoms with Gasteiger partial charge in [-0.3, -0.25) is 9.63 Å². The van der Waals surface area contributed by atoms with Gasteiger partial charge in [-0.1, -0.05) is 6.92 Å². The van der Waals surface area contributed by atoms with Crippen LogP contribution in [0.2, 0.25) is 0 Å².